The SMILES string of the molecule is CCC1(CC)CSC(=NC(C)C(=O)N(C)C)N1. The summed E-state index contributed by atoms with van der Waals surface area (Å²) in [5.74, 6) is 1.09. The molecular weight excluding hydrogens is 234 g/mol. The third-order valence-corrected chi connectivity index (χ3v) is 4.50. The standard InChI is InChI=1S/C12H23N3OS/c1-6-12(7-2)8-17-11(14-12)13-9(3)10(16)15(4)5/h9H,6-8H2,1-5H3,(H,13,14). The van der Waals surface area contributed by atoms with Gasteiger partial charge in [0.2, 0.25) is 5.91 Å². The summed E-state index contributed by atoms with van der Waals surface area (Å²) in [4.78, 5) is 17.8. The summed E-state index contributed by atoms with van der Waals surface area (Å²) in [6.45, 7) is 6.22. The summed E-state index contributed by atoms with van der Waals surface area (Å²) < 4.78 is 0. The first-order valence-corrected chi connectivity index (χ1v) is 7.12. The summed E-state index contributed by atoms with van der Waals surface area (Å²) in [5.41, 5.74) is 0.171. The Kier molecular flexibility index (Phi) is 4.86. The molecule has 1 fully saturated rings. The number of likely N-dealkylation sites (N-methyl/N-ethyl adjacent to an activating group) is 1. The first-order chi connectivity index (χ1) is 7.94. The number of hydrogen-bond acceptors (Lipinski definition) is 3. The highest BCUT2D eigenvalue weighted by molar-refractivity contribution is 8.14. The summed E-state index contributed by atoms with van der Waals surface area (Å²) in [7, 11) is 3.52. The van der Waals surface area contributed by atoms with Gasteiger partial charge in [0.05, 0.1) is 0 Å². The van der Waals surface area contributed by atoms with E-state index in [1.54, 1.807) is 30.8 Å². The summed E-state index contributed by atoms with van der Waals surface area (Å²) in [6.07, 6.45) is 2.18. The smallest absolute Gasteiger partial charge is 0.246 e. The van der Waals surface area contributed by atoms with E-state index in [-0.39, 0.29) is 17.5 Å². The van der Waals surface area contributed by atoms with Gasteiger partial charge in [0.1, 0.15) is 6.04 Å². The number of amidine groups is 1. The van der Waals surface area contributed by atoms with Crippen LogP contribution in [-0.2, 0) is 4.79 Å². The zero-order valence-corrected chi connectivity index (χ0v) is 12.2. The van der Waals surface area contributed by atoms with E-state index in [1.165, 1.54) is 0 Å². The quantitative estimate of drug-likeness (QED) is 0.834. The summed E-state index contributed by atoms with van der Waals surface area (Å²) in [6, 6.07) is -0.301. The molecule has 0 spiro atoms. The van der Waals surface area contributed by atoms with E-state index in [1.807, 2.05) is 6.92 Å². The number of nitrogens with one attached hydrogen (secondary N) is 1. The normalized spacial score (nSPS) is 22.3. The lowest BCUT2D eigenvalue weighted by Gasteiger charge is -2.25. The lowest BCUT2D eigenvalue weighted by atomic mass is 9.96. The van der Waals surface area contributed by atoms with Gasteiger partial charge in [-0.2, -0.15) is 0 Å². The first-order valence-electron chi connectivity index (χ1n) is 6.14. The van der Waals surface area contributed by atoms with E-state index in [9.17, 15) is 4.79 Å². The van der Waals surface area contributed by atoms with Gasteiger partial charge in [-0.15, -0.1) is 0 Å². The Bertz CT molecular complexity index is 311. The van der Waals surface area contributed by atoms with Crippen LogP contribution in [0.2, 0.25) is 0 Å². The Hall–Kier alpha value is -0.710. The highest BCUT2D eigenvalue weighted by atomic mass is 32.2. The number of carbonyl (C=O) groups excluding carboxylic acids is 1. The van der Waals surface area contributed by atoms with E-state index < -0.39 is 0 Å². The third-order valence-electron chi connectivity index (χ3n) is 3.32. The zero-order valence-electron chi connectivity index (χ0n) is 11.4. The van der Waals surface area contributed by atoms with Crippen molar-refractivity contribution in [1.82, 2.24) is 10.2 Å². The van der Waals surface area contributed by atoms with E-state index >= 15 is 0 Å². The predicted octanol–water partition coefficient (Wildman–Crippen LogP) is 1.71. The Morgan fingerprint density at radius 1 is 1.53 bits per heavy atom. The predicted molar refractivity (Wildman–Crippen MR) is 74.5 cm³/mol. The van der Waals surface area contributed by atoms with E-state index in [4.69, 9.17) is 0 Å². The fourth-order valence-electron chi connectivity index (χ4n) is 1.81. The number of carbonyl (C=O) groups is 1. The van der Waals surface area contributed by atoms with Crippen molar-refractivity contribution >= 4 is 22.8 Å². The van der Waals surface area contributed by atoms with Gasteiger partial charge in [-0.1, -0.05) is 25.6 Å². The molecule has 1 rings (SSSR count). The van der Waals surface area contributed by atoms with Crippen molar-refractivity contribution in [1.29, 1.82) is 0 Å². The highest BCUT2D eigenvalue weighted by Gasteiger charge is 2.34. The minimum atomic E-state index is -0.301. The maximum atomic E-state index is 11.7. The van der Waals surface area contributed by atoms with Crippen LogP contribution in [0, 0.1) is 0 Å². The van der Waals surface area contributed by atoms with Crippen LogP contribution >= 0.6 is 11.8 Å². The molecule has 1 unspecified atom stereocenters. The largest absolute Gasteiger partial charge is 0.359 e. The van der Waals surface area contributed by atoms with Crippen molar-refractivity contribution in [3.63, 3.8) is 0 Å². The molecule has 0 saturated carbocycles. The topological polar surface area (TPSA) is 44.7 Å². The molecule has 1 aliphatic heterocycles. The maximum absolute atomic E-state index is 11.7. The molecule has 1 aliphatic rings. The van der Waals surface area contributed by atoms with Crippen LogP contribution in [0.3, 0.4) is 0 Å². The number of rotatable bonds is 4. The molecule has 0 aromatic rings. The molecule has 0 aromatic carbocycles. The lowest BCUT2D eigenvalue weighted by Crippen LogP contribution is -2.43. The van der Waals surface area contributed by atoms with Crippen LogP contribution in [0.4, 0.5) is 0 Å². The third kappa shape index (κ3) is 3.37. The van der Waals surface area contributed by atoms with Crippen LogP contribution in [0.25, 0.3) is 0 Å². The lowest BCUT2D eigenvalue weighted by molar-refractivity contribution is -0.129. The maximum Gasteiger partial charge on any atom is 0.246 e. The van der Waals surface area contributed by atoms with Crippen molar-refractivity contribution in [2.24, 2.45) is 4.99 Å². The second kappa shape index (κ2) is 5.76. The molecule has 0 radical (unpaired) electrons. The monoisotopic (exact) mass is 257 g/mol. The van der Waals surface area contributed by atoms with Gasteiger partial charge >= 0.3 is 0 Å². The number of aliphatic imine (C=N–C) groups is 1. The molecule has 1 heterocycles. The second-order valence-corrected chi connectivity index (χ2v) is 5.71. The van der Waals surface area contributed by atoms with Crippen LogP contribution in [-0.4, -0.2) is 47.4 Å². The van der Waals surface area contributed by atoms with Gasteiger partial charge < -0.3 is 10.2 Å². The number of amides is 1. The Morgan fingerprint density at radius 2 is 2.12 bits per heavy atom. The van der Waals surface area contributed by atoms with E-state index in [0.29, 0.717) is 0 Å². The Morgan fingerprint density at radius 3 is 2.53 bits per heavy atom. The zero-order chi connectivity index (χ0) is 13.1. The van der Waals surface area contributed by atoms with Crippen molar-refractivity contribution in [2.45, 2.75) is 45.2 Å². The van der Waals surface area contributed by atoms with Crippen molar-refractivity contribution in [3.05, 3.63) is 0 Å². The van der Waals surface area contributed by atoms with Gasteiger partial charge in [0.15, 0.2) is 5.17 Å². The summed E-state index contributed by atoms with van der Waals surface area (Å²) >= 11 is 1.72. The summed E-state index contributed by atoms with van der Waals surface area (Å²) in [5, 5.41) is 4.38. The Balaban J connectivity index is 2.67. The number of nitrogens with zero attached hydrogens (tertiary/aromatic N) is 2. The number of hydrogen-bond donors (Lipinski definition) is 1. The molecule has 1 saturated heterocycles. The molecule has 4 nitrogen and oxygen atoms in total. The highest BCUT2D eigenvalue weighted by Crippen LogP contribution is 2.29. The molecule has 5 heteroatoms. The molecule has 98 valence electrons. The van der Waals surface area contributed by atoms with Gasteiger partial charge in [-0.05, 0) is 19.8 Å². The van der Waals surface area contributed by atoms with Crippen molar-refractivity contribution in [2.75, 3.05) is 19.8 Å². The van der Waals surface area contributed by atoms with Crippen LogP contribution < -0.4 is 5.32 Å². The van der Waals surface area contributed by atoms with Crippen molar-refractivity contribution < 1.29 is 4.79 Å². The van der Waals surface area contributed by atoms with E-state index in [0.717, 1.165) is 23.8 Å². The molecule has 1 amide bonds. The molecule has 17 heavy (non-hydrogen) atoms. The number of thioether (sulfide) groups is 1. The fourth-order valence-corrected chi connectivity index (χ4v) is 3.23. The minimum absolute atomic E-state index is 0.0467. The minimum Gasteiger partial charge on any atom is -0.359 e. The van der Waals surface area contributed by atoms with Crippen LogP contribution in [0.5, 0.6) is 0 Å². The fraction of sp³-hybridized carbons (Fsp3) is 0.833. The first kappa shape index (κ1) is 14.4. The van der Waals surface area contributed by atoms with Gasteiger partial charge in [0.25, 0.3) is 0 Å². The van der Waals surface area contributed by atoms with Gasteiger partial charge in [-0.3, -0.25) is 4.79 Å². The second-order valence-electron chi connectivity index (χ2n) is 4.74. The van der Waals surface area contributed by atoms with Crippen LogP contribution in [0.15, 0.2) is 4.99 Å². The average molecular weight is 257 g/mol. The molecule has 0 aliphatic carbocycles. The molecular formula is C12H23N3OS. The van der Waals surface area contributed by atoms with E-state index in [2.05, 4.69) is 24.2 Å². The molecule has 1 N–H and O–H groups in total. The van der Waals surface area contributed by atoms with Gasteiger partial charge in [0, 0.05) is 25.4 Å². The molecule has 1 atom stereocenters. The molecule has 0 bridgehead atoms. The average Bonchev–Trinajstić information content (AvgIpc) is 2.72. The molecule has 0 aromatic heterocycles. The van der Waals surface area contributed by atoms with Crippen molar-refractivity contribution in [3.8, 4) is 0 Å². The van der Waals surface area contributed by atoms with Gasteiger partial charge in [-0.25, -0.2) is 4.99 Å². The van der Waals surface area contributed by atoms with Crippen LogP contribution in [0.1, 0.15) is 33.6 Å². The Labute approximate surface area is 108 Å².